The van der Waals surface area contributed by atoms with Gasteiger partial charge in [0, 0.05) is 35.4 Å². The number of hydrogen-bond acceptors (Lipinski definition) is 11. The average Bonchev–Trinajstić information content (AvgIpc) is 2.82. The van der Waals surface area contributed by atoms with E-state index in [4.69, 9.17) is 16.3 Å². The molecule has 13 heteroatoms. The summed E-state index contributed by atoms with van der Waals surface area (Å²) in [6, 6.07) is 11.2. The summed E-state index contributed by atoms with van der Waals surface area (Å²) >= 11 is 5.94. The lowest BCUT2D eigenvalue weighted by molar-refractivity contribution is -0.385. The number of ether oxygens (including phenoxy) is 1. The molecule has 1 aliphatic rings. The van der Waals surface area contributed by atoms with E-state index in [1.54, 1.807) is 24.3 Å². The molecule has 170 valence electrons. The van der Waals surface area contributed by atoms with E-state index in [0.29, 0.717) is 37.3 Å². The number of anilines is 4. The van der Waals surface area contributed by atoms with E-state index in [1.165, 1.54) is 24.4 Å². The number of nitrogens with one attached hydrogen (secondary N) is 2. The number of aromatic hydroxyl groups is 1. The molecule has 0 bridgehead atoms. The van der Waals surface area contributed by atoms with Gasteiger partial charge in [0.15, 0.2) is 0 Å². The van der Waals surface area contributed by atoms with Gasteiger partial charge >= 0.3 is 5.69 Å². The van der Waals surface area contributed by atoms with Crippen molar-refractivity contribution >= 4 is 47.0 Å². The monoisotopic (exact) mass is 470 g/mol. The first-order chi connectivity index (χ1) is 16.0. The number of para-hydroxylation sites is 1. The summed E-state index contributed by atoms with van der Waals surface area (Å²) < 4.78 is 5.39. The lowest BCUT2D eigenvalue weighted by Crippen LogP contribution is -2.37. The van der Waals surface area contributed by atoms with Crippen LogP contribution in [0.2, 0.25) is 5.02 Å². The van der Waals surface area contributed by atoms with Crippen LogP contribution in [0.25, 0.3) is 0 Å². The molecule has 2 heterocycles. The second-order valence-electron chi connectivity index (χ2n) is 6.86. The van der Waals surface area contributed by atoms with Crippen molar-refractivity contribution in [3.05, 3.63) is 63.2 Å². The Morgan fingerprint density at radius 2 is 1.85 bits per heavy atom. The third-order valence-electron chi connectivity index (χ3n) is 4.63. The van der Waals surface area contributed by atoms with Gasteiger partial charge in [-0.15, -0.1) is 0 Å². The predicted molar refractivity (Wildman–Crippen MR) is 124 cm³/mol. The fourth-order valence-corrected chi connectivity index (χ4v) is 3.12. The summed E-state index contributed by atoms with van der Waals surface area (Å²) in [6.45, 7) is 2.35. The Labute approximate surface area is 193 Å². The molecule has 33 heavy (non-hydrogen) atoms. The highest BCUT2D eigenvalue weighted by molar-refractivity contribution is 6.30. The Bertz CT molecular complexity index is 1170. The zero-order valence-corrected chi connectivity index (χ0v) is 17.9. The summed E-state index contributed by atoms with van der Waals surface area (Å²) in [5, 5.41) is 28.8. The molecular formula is C20H19ClN8O4. The van der Waals surface area contributed by atoms with Gasteiger partial charge in [-0.25, -0.2) is 5.43 Å². The molecule has 0 amide bonds. The maximum absolute atomic E-state index is 11.0. The van der Waals surface area contributed by atoms with Crippen LogP contribution < -0.4 is 15.6 Å². The first kappa shape index (κ1) is 22.2. The molecule has 0 atom stereocenters. The van der Waals surface area contributed by atoms with Crippen LogP contribution in [0.3, 0.4) is 0 Å². The third kappa shape index (κ3) is 5.61. The van der Waals surface area contributed by atoms with Crippen molar-refractivity contribution in [2.24, 2.45) is 5.10 Å². The first-order valence-electron chi connectivity index (χ1n) is 9.86. The summed E-state index contributed by atoms with van der Waals surface area (Å²) in [4.78, 5) is 25.5. The fraction of sp³-hybridized carbons (Fsp3) is 0.200. The van der Waals surface area contributed by atoms with Crippen LogP contribution in [0.4, 0.5) is 29.2 Å². The lowest BCUT2D eigenvalue weighted by atomic mass is 10.2. The number of halogens is 1. The van der Waals surface area contributed by atoms with Crippen LogP contribution >= 0.6 is 11.6 Å². The maximum atomic E-state index is 11.0. The standard InChI is InChI=1S/C20H19ClN8O4/c21-14-4-6-15(7-5-14)23-18-24-19(26-20(25-18)28-8-10-33-11-9-28)27-22-12-13-2-1-3-16(17(13)30)29(31)32/h1-7,12,30H,8-11H2,(H2,23,24,25,26,27). The van der Waals surface area contributed by atoms with Gasteiger partial charge in [0.2, 0.25) is 23.6 Å². The summed E-state index contributed by atoms with van der Waals surface area (Å²) in [5.41, 5.74) is 3.17. The Morgan fingerprint density at radius 1 is 1.12 bits per heavy atom. The van der Waals surface area contributed by atoms with Gasteiger partial charge < -0.3 is 20.1 Å². The molecule has 12 nitrogen and oxygen atoms in total. The molecule has 0 radical (unpaired) electrons. The number of benzene rings is 2. The third-order valence-corrected chi connectivity index (χ3v) is 4.88. The molecule has 4 rings (SSSR count). The van der Waals surface area contributed by atoms with Crippen LogP contribution in [0, 0.1) is 10.1 Å². The number of nitro benzene ring substituents is 1. The van der Waals surface area contributed by atoms with Gasteiger partial charge in [-0.05, 0) is 30.3 Å². The Balaban J connectivity index is 1.58. The highest BCUT2D eigenvalue weighted by Crippen LogP contribution is 2.28. The molecule has 1 aliphatic heterocycles. The van der Waals surface area contributed by atoms with Crippen molar-refractivity contribution in [3.8, 4) is 5.75 Å². The van der Waals surface area contributed by atoms with E-state index in [-0.39, 0.29) is 17.5 Å². The van der Waals surface area contributed by atoms with Crippen LogP contribution in [0.1, 0.15) is 5.56 Å². The first-order valence-corrected chi connectivity index (χ1v) is 10.2. The highest BCUT2D eigenvalue weighted by atomic mass is 35.5. The van der Waals surface area contributed by atoms with Crippen LogP contribution in [0.5, 0.6) is 5.75 Å². The molecule has 3 aromatic rings. The van der Waals surface area contributed by atoms with Crippen molar-refractivity contribution in [2.45, 2.75) is 0 Å². The van der Waals surface area contributed by atoms with Gasteiger partial charge in [0.05, 0.1) is 24.4 Å². The zero-order chi connectivity index (χ0) is 23.2. The zero-order valence-electron chi connectivity index (χ0n) is 17.2. The molecular weight excluding hydrogens is 452 g/mol. The van der Waals surface area contributed by atoms with Crippen LogP contribution in [-0.2, 0) is 4.74 Å². The van der Waals surface area contributed by atoms with Gasteiger partial charge in [-0.2, -0.15) is 20.1 Å². The predicted octanol–water partition coefficient (Wildman–Crippen LogP) is 3.17. The number of hydrazone groups is 1. The maximum Gasteiger partial charge on any atom is 0.311 e. The normalized spacial score (nSPS) is 13.8. The van der Waals surface area contributed by atoms with Crippen molar-refractivity contribution in [2.75, 3.05) is 41.9 Å². The van der Waals surface area contributed by atoms with Crippen LogP contribution in [0.15, 0.2) is 47.6 Å². The number of morpholine rings is 1. The molecule has 2 aromatic carbocycles. The Hall–Kier alpha value is -4.03. The number of nitrogens with zero attached hydrogens (tertiary/aromatic N) is 6. The SMILES string of the molecule is O=[N+]([O-])c1cccc(C=NNc2nc(Nc3ccc(Cl)cc3)nc(N3CCOCC3)n2)c1O. The largest absolute Gasteiger partial charge is 0.502 e. The quantitative estimate of drug-likeness (QED) is 0.266. The van der Waals surface area contributed by atoms with Crippen molar-refractivity contribution in [3.63, 3.8) is 0 Å². The molecule has 0 unspecified atom stereocenters. The highest BCUT2D eigenvalue weighted by Gasteiger charge is 2.17. The Kier molecular flexibility index (Phi) is 6.76. The number of nitro groups is 1. The molecule has 0 aliphatic carbocycles. The lowest BCUT2D eigenvalue weighted by Gasteiger charge is -2.27. The number of phenolic OH excluding ortho intramolecular Hbond substituents is 1. The topological polar surface area (TPSA) is 151 Å². The summed E-state index contributed by atoms with van der Waals surface area (Å²) in [6.07, 6.45) is 1.24. The van der Waals surface area contributed by atoms with E-state index >= 15 is 0 Å². The minimum atomic E-state index is -0.671. The van der Waals surface area contributed by atoms with Gasteiger partial charge in [0.1, 0.15) is 0 Å². The van der Waals surface area contributed by atoms with E-state index < -0.39 is 16.4 Å². The fourth-order valence-electron chi connectivity index (χ4n) is 3.00. The van der Waals surface area contributed by atoms with Crippen molar-refractivity contribution in [1.29, 1.82) is 0 Å². The number of aromatic nitrogens is 3. The number of phenols is 1. The van der Waals surface area contributed by atoms with E-state index in [0.717, 1.165) is 5.69 Å². The second kappa shape index (κ2) is 10.1. The molecule has 3 N–H and O–H groups in total. The number of hydrogen-bond donors (Lipinski definition) is 3. The van der Waals surface area contributed by atoms with Gasteiger partial charge in [-0.3, -0.25) is 10.1 Å². The summed E-state index contributed by atoms with van der Waals surface area (Å²) in [7, 11) is 0. The Morgan fingerprint density at radius 3 is 2.58 bits per heavy atom. The molecule has 1 saturated heterocycles. The van der Waals surface area contributed by atoms with Gasteiger partial charge in [-0.1, -0.05) is 17.7 Å². The number of rotatable bonds is 7. The smallest absolute Gasteiger partial charge is 0.311 e. The molecule has 0 saturated carbocycles. The molecule has 1 fully saturated rings. The molecule has 0 spiro atoms. The average molecular weight is 471 g/mol. The minimum absolute atomic E-state index is 0.143. The van der Waals surface area contributed by atoms with Crippen molar-refractivity contribution in [1.82, 2.24) is 15.0 Å². The van der Waals surface area contributed by atoms with Crippen LogP contribution in [-0.4, -0.2) is 57.5 Å². The van der Waals surface area contributed by atoms with Gasteiger partial charge in [0.25, 0.3) is 0 Å². The summed E-state index contributed by atoms with van der Waals surface area (Å²) in [5.74, 6) is 0.372. The van der Waals surface area contributed by atoms with E-state index in [1.807, 2.05) is 4.90 Å². The second-order valence-corrected chi connectivity index (χ2v) is 7.29. The van der Waals surface area contributed by atoms with Crippen molar-refractivity contribution < 1.29 is 14.8 Å². The minimum Gasteiger partial charge on any atom is -0.502 e. The van der Waals surface area contributed by atoms with E-state index in [9.17, 15) is 15.2 Å². The molecule has 1 aromatic heterocycles. The van der Waals surface area contributed by atoms with E-state index in [2.05, 4.69) is 30.8 Å².